The maximum Gasteiger partial charge on any atom is 0.241 e. The molecule has 0 bridgehead atoms. The van der Waals surface area contributed by atoms with Crippen molar-refractivity contribution in [2.24, 2.45) is 0 Å². The molecule has 0 saturated carbocycles. The summed E-state index contributed by atoms with van der Waals surface area (Å²) < 4.78 is 0. The van der Waals surface area contributed by atoms with Crippen molar-refractivity contribution in [1.29, 1.82) is 0 Å². The second-order valence-corrected chi connectivity index (χ2v) is 4.75. The molecular formula is C16H26N2O. The predicted octanol–water partition coefficient (Wildman–Crippen LogP) is 3.16. The Labute approximate surface area is 117 Å². The molecule has 0 fully saturated rings. The second kappa shape index (κ2) is 8.70. The van der Waals surface area contributed by atoms with Crippen molar-refractivity contribution < 1.29 is 4.79 Å². The van der Waals surface area contributed by atoms with E-state index in [1.807, 2.05) is 42.2 Å². The van der Waals surface area contributed by atoms with Gasteiger partial charge in [0.25, 0.3) is 0 Å². The van der Waals surface area contributed by atoms with E-state index >= 15 is 0 Å². The summed E-state index contributed by atoms with van der Waals surface area (Å²) in [7, 11) is 0. The molecule has 1 aromatic rings. The smallest absolute Gasteiger partial charge is 0.241 e. The number of rotatable bonds is 8. The van der Waals surface area contributed by atoms with Gasteiger partial charge < -0.3 is 4.90 Å². The first-order chi connectivity index (χ1) is 9.22. The monoisotopic (exact) mass is 262 g/mol. The van der Waals surface area contributed by atoms with Crippen molar-refractivity contribution in [3.05, 3.63) is 30.3 Å². The van der Waals surface area contributed by atoms with Gasteiger partial charge >= 0.3 is 0 Å². The van der Waals surface area contributed by atoms with E-state index in [2.05, 4.69) is 18.7 Å². The summed E-state index contributed by atoms with van der Waals surface area (Å²) in [6.07, 6.45) is 2.18. The fourth-order valence-corrected chi connectivity index (χ4v) is 2.29. The molecule has 0 saturated heterocycles. The van der Waals surface area contributed by atoms with Crippen LogP contribution in [-0.2, 0) is 4.79 Å². The zero-order valence-electron chi connectivity index (χ0n) is 12.4. The highest BCUT2D eigenvalue weighted by Gasteiger charge is 2.16. The number of amides is 1. The number of benzene rings is 1. The molecule has 0 radical (unpaired) electrons. The Bertz CT molecular complexity index is 358. The van der Waals surface area contributed by atoms with E-state index in [1.54, 1.807) is 0 Å². The molecule has 0 aliphatic carbocycles. The summed E-state index contributed by atoms with van der Waals surface area (Å²) >= 11 is 0. The van der Waals surface area contributed by atoms with Crippen LogP contribution in [0.15, 0.2) is 30.3 Å². The normalized spacial score (nSPS) is 10.7. The number of para-hydroxylation sites is 1. The molecule has 1 aromatic carbocycles. The Morgan fingerprint density at radius 2 is 1.58 bits per heavy atom. The number of hydrogen-bond donors (Lipinski definition) is 0. The summed E-state index contributed by atoms with van der Waals surface area (Å²) in [6, 6.07) is 9.90. The van der Waals surface area contributed by atoms with Crippen LogP contribution in [-0.4, -0.2) is 37.0 Å². The lowest BCUT2D eigenvalue weighted by Crippen LogP contribution is -2.41. The van der Waals surface area contributed by atoms with E-state index in [-0.39, 0.29) is 5.91 Å². The van der Waals surface area contributed by atoms with Crippen LogP contribution in [0.1, 0.15) is 33.6 Å². The minimum Gasteiger partial charge on any atom is -0.312 e. The van der Waals surface area contributed by atoms with Gasteiger partial charge in [0.15, 0.2) is 0 Å². The maximum atomic E-state index is 12.4. The lowest BCUT2D eigenvalue weighted by molar-refractivity contribution is -0.119. The van der Waals surface area contributed by atoms with E-state index in [0.29, 0.717) is 6.54 Å². The molecule has 3 nitrogen and oxygen atoms in total. The number of anilines is 1. The Kier molecular flexibility index (Phi) is 7.19. The van der Waals surface area contributed by atoms with Crippen LogP contribution < -0.4 is 4.90 Å². The van der Waals surface area contributed by atoms with E-state index in [9.17, 15) is 4.79 Å². The van der Waals surface area contributed by atoms with Gasteiger partial charge in [0.2, 0.25) is 5.91 Å². The molecule has 0 aliphatic rings. The predicted molar refractivity (Wildman–Crippen MR) is 81.5 cm³/mol. The van der Waals surface area contributed by atoms with Gasteiger partial charge in [-0.25, -0.2) is 0 Å². The van der Waals surface area contributed by atoms with E-state index in [1.165, 1.54) is 0 Å². The third-order valence-electron chi connectivity index (χ3n) is 3.12. The molecule has 0 N–H and O–H groups in total. The SMILES string of the molecule is CCCN(CCC)CC(=O)N(CC)c1ccccc1. The fourth-order valence-electron chi connectivity index (χ4n) is 2.29. The fraction of sp³-hybridized carbons (Fsp3) is 0.562. The van der Waals surface area contributed by atoms with E-state index in [4.69, 9.17) is 0 Å². The summed E-state index contributed by atoms with van der Waals surface area (Å²) in [5.41, 5.74) is 0.989. The van der Waals surface area contributed by atoms with Crippen molar-refractivity contribution >= 4 is 11.6 Å². The Balaban J connectivity index is 2.68. The first-order valence-electron chi connectivity index (χ1n) is 7.30. The molecule has 0 unspecified atom stereocenters. The topological polar surface area (TPSA) is 23.6 Å². The highest BCUT2D eigenvalue weighted by molar-refractivity contribution is 5.94. The van der Waals surface area contributed by atoms with Crippen LogP contribution >= 0.6 is 0 Å². The zero-order valence-corrected chi connectivity index (χ0v) is 12.4. The summed E-state index contributed by atoms with van der Waals surface area (Å²) in [5, 5.41) is 0. The highest BCUT2D eigenvalue weighted by atomic mass is 16.2. The van der Waals surface area contributed by atoms with Crippen LogP contribution in [0.4, 0.5) is 5.69 Å². The molecular weight excluding hydrogens is 236 g/mol. The Hall–Kier alpha value is -1.35. The molecule has 3 heteroatoms. The van der Waals surface area contributed by atoms with Gasteiger partial charge in [-0.15, -0.1) is 0 Å². The lowest BCUT2D eigenvalue weighted by atomic mass is 10.2. The Morgan fingerprint density at radius 1 is 1.00 bits per heavy atom. The second-order valence-electron chi connectivity index (χ2n) is 4.75. The van der Waals surface area contributed by atoms with Crippen molar-refractivity contribution in [1.82, 2.24) is 4.90 Å². The first-order valence-corrected chi connectivity index (χ1v) is 7.30. The molecule has 1 rings (SSSR count). The van der Waals surface area contributed by atoms with Gasteiger partial charge in [-0.2, -0.15) is 0 Å². The van der Waals surface area contributed by atoms with E-state index in [0.717, 1.165) is 38.2 Å². The maximum absolute atomic E-state index is 12.4. The summed E-state index contributed by atoms with van der Waals surface area (Å²) in [5.74, 6) is 0.190. The van der Waals surface area contributed by atoms with Gasteiger partial charge in [-0.3, -0.25) is 9.69 Å². The Morgan fingerprint density at radius 3 is 2.05 bits per heavy atom. The largest absolute Gasteiger partial charge is 0.312 e. The third kappa shape index (κ3) is 5.03. The number of carbonyl (C=O) groups excluding carboxylic acids is 1. The van der Waals surface area contributed by atoms with Crippen LogP contribution in [0.3, 0.4) is 0 Å². The lowest BCUT2D eigenvalue weighted by Gasteiger charge is -2.26. The molecule has 19 heavy (non-hydrogen) atoms. The molecule has 0 heterocycles. The molecule has 0 spiro atoms. The molecule has 1 amide bonds. The van der Waals surface area contributed by atoms with Crippen molar-refractivity contribution in [3.8, 4) is 0 Å². The zero-order chi connectivity index (χ0) is 14.1. The standard InChI is InChI=1S/C16H26N2O/c1-4-12-17(13-5-2)14-16(19)18(6-3)15-10-8-7-9-11-15/h7-11H,4-6,12-14H2,1-3H3. The van der Waals surface area contributed by atoms with E-state index < -0.39 is 0 Å². The number of nitrogens with zero attached hydrogens (tertiary/aromatic N) is 2. The van der Waals surface area contributed by atoms with Crippen LogP contribution in [0.25, 0.3) is 0 Å². The minimum atomic E-state index is 0.190. The third-order valence-corrected chi connectivity index (χ3v) is 3.12. The van der Waals surface area contributed by atoms with Gasteiger partial charge in [0, 0.05) is 12.2 Å². The van der Waals surface area contributed by atoms with Gasteiger partial charge in [-0.05, 0) is 45.0 Å². The summed E-state index contributed by atoms with van der Waals surface area (Å²) in [4.78, 5) is 16.5. The quantitative estimate of drug-likeness (QED) is 0.718. The summed E-state index contributed by atoms with van der Waals surface area (Å²) in [6.45, 7) is 9.55. The first kappa shape index (κ1) is 15.7. The van der Waals surface area contributed by atoms with Crippen LogP contribution in [0.5, 0.6) is 0 Å². The van der Waals surface area contributed by atoms with Gasteiger partial charge in [-0.1, -0.05) is 32.0 Å². The number of likely N-dealkylation sites (N-methyl/N-ethyl adjacent to an activating group) is 1. The van der Waals surface area contributed by atoms with Crippen LogP contribution in [0, 0.1) is 0 Å². The van der Waals surface area contributed by atoms with Crippen molar-refractivity contribution in [2.45, 2.75) is 33.6 Å². The van der Waals surface area contributed by atoms with Crippen LogP contribution in [0.2, 0.25) is 0 Å². The molecule has 0 aromatic heterocycles. The average molecular weight is 262 g/mol. The molecule has 106 valence electrons. The molecule has 0 aliphatic heterocycles. The van der Waals surface area contributed by atoms with Gasteiger partial charge in [0.1, 0.15) is 0 Å². The van der Waals surface area contributed by atoms with Crippen molar-refractivity contribution in [2.75, 3.05) is 31.1 Å². The highest BCUT2D eigenvalue weighted by Crippen LogP contribution is 2.13. The average Bonchev–Trinajstić information content (AvgIpc) is 2.41. The number of carbonyl (C=O) groups is 1. The van der Waals surface area contributed by atoms with Gasteiger partial charge in [0.05, 0.1) is 6.54 Å². The number of hydrogen-bond acceptors (Lipinski definition) is 2. The minimum absolute atomic E-state index is 0.190. The van der Waals surface area contributed by atoms with Crippen molar-refractivity contribution in [3.63, 3.8) is 0 Å². The molecule has 0 atom stereocenters.